The number of hydrogen-bond acceptors (Lipinski definition) is 2. The molecule has 1 N–H and O–H groups in total. The Balaban J connectivity index is 4.97. The first-order valence-electron chi connectivity index (χ1n) is 3.84. The van der Waals surface area contributed by atoms with Crippen LogP contribution in [0.3, 0.4) is 0 Å². The first kappa shape index (κ1) is 14.5. The second-order valence-electron chi connectivity index (χ2n) is 2.59. The molecule has 0 spiro atoms. The maximum absolute atomic E-state index is 12.1. The molecule has 0 saturated carbocycles. The summed E-state index contributed by atoms with van der Waals surface area (Å²) in [5.74, 6) is -2.57. The number of nitrogens with one attached hydrogen (secondary N) is 1. The Kier molecular flexibility index (Phi) is 4.58. The van der Waals surface area contributed by atoms with E-state index in [1.54, 1.807) is 5.32 Å². The number of hydrogen-bond donors (Lipinski definition) is 1. The lowest BCUT2D eigenvalue weighted by Crippen LogP contribution is -2.30. The topological polar surface area (TPSA) is 29.1 Å². The van der Waals surface area contributed by atoms with Crippen molar-refractivity contribution < 1.29 is 31.1 Å². The van der Waals surface area contributed by atoms with Crippen molar-refractivity contribution in [2.45, 2.75) is 12.4 Å². The first-order chi connectivity index (χ1) is 7.09. The Hall–Kier alpha value is -1.47. The zero-order valence-electron chi connectivity index (χ0n) is 7.74. The number of rotatable bonds is 4. The van der Waals surface area contributed by atoms with Gasteiger partial charge in [-0.25, -0.2) is 0 Å². The maximum Gasteiger partial charge on any atom is 0.454 e. The average Bonchev–Trinajstić information content (AvgIpc) is 2.08. The largest absolute Gasteiger partial charge is 0.454 e. The molecule has 16 heavy (non-hydrogen) atoms. The molecule has 92 valence electrons. The zero-order valence-corrected chi connectivity index (χ0v) is 7.74. The van der Waals surface area contributed by atoms with Crippen LogP contribution in [0, 0.1) is 0 Å². The zero-order chi connectivity index (χ0) is 13.0. The van der Waals surface area contributed by atoms with Crippen molar-refractivity contribution in [1.29, 1.82) is 0 Å². The van der Waals surface area contributed by atoms with Crippen molar-refractivity contribution in [1.82, 2.24) is 5.32 Å². The van der Waals surface area contributed by atoms with Crippen LogP contribution in [0.5, 0.6) is 0 Å². The highest BCUT2D eigenvalue weighted by Crippen LogP contribution is 2.25. The molecular formula is C8H7F6NO. The van der Waals surface area contributed by atoms with E-state index in [-0.39, 0.29) is 0 Å². The van der Waals surface area contributed by atoms with Gasteiger partial charge < -0.3 is 5.32 Å². The molecule has 0 atom stereocenters. The molecule has 0 aliphatic carbocycles. The summed E-state index contributed by atoms with van der Waals surface area (Å²) < 4.78 is 71.5. The molecule has 8 heteroatoms. The van der Waals surface area contributed by atoms with E-state index in [0.717, 1.165) is 6.08 Å². The van der Waals surface area contributed by atoms with Crippen LogP contribution in [0.4, 0.5) is 26.3 Å². The van der Waals surface area contributed by atoms with Gasteiger partial charge in [-0.15, -0.1) is 6.58 Å². The van der Waals surface area contributed by atoms with Crippen LogP contribution in [0.1, 0.15) is 0 Å². The number of ketones is 1. The Bertz CT molecular complexity index is 301. The van der Waals surface area contributed by atoms with Crippen molar-refractivity contribution in [3.05, 3.63) is 24.4 Å². The number of carbonyl (C=O) groups is 1. The number of carbonyl (C=O) groups excluding carboxylic acids is 1. The predicted octanol–water partition coefficient (Wildman–Crippen LogP) is 2.34. The van der Waals surface area contributed by atoms with E-state index >= 15 is 0 Å². The third kappa shape index (κ3) is 4.85. The van der Waals surface area contributed by atoms with Crippen LogP contribution >= 0.6 is 0 Å². The highest BCUT2D eigenvalue weighted by atomic mass is 19.4. The molecule has 0 aliphatic rings. The van der Waals surface area contributed by atoms with Crippen molar-refractivity contribution in [3.8, 4) is 0 Å². The van der Waals surface area contributed by atoms with E-state index in [2.05, 4.69) is 6.58 Å². The minimum Gasteiger partial charge on any atom is -0.377 e. The van der Waals surface area contributed by atoms with Crippen molar-refractivity contribution >= 4 is 5.78 Å². The van der Waals surface area contributed by atoms with Gasteiger partial charge in [-0.1, -0.05) is 6.08 Å². The van der Waals surface area contributed by atoms with Gasteiger partial charge in [0.15, 0.2) is 0 Å². The molecule has 0 bridgehead atoms. The van der Waals surface area contributed by atoms with E-state index < -0.39 is 36.5 Å². The van der Waals surface area contributed by atoms with Crippen LogP contribution in [0.2, 0.25) is 0 Å². The Morgan fingerprint density at radius 3 is 1.94 bits per heavy atom. The van der Waals surface area contributed by atoms with Gasteiger partial charge in [0.25, 0.3) is 5.78 Å². The molecule has 2 nitrogen and oxygen atoms in total. The highest BCUT2D eigenvalue weighted by molar-refractivity contribution is 5.95. The quantitative estimate of drug-likeness (QED) is 0.469. The van der Waals surface area contributed by atoms with E-state index in [1.165, 1.54) is 0 Å². The maximum atomic E-state index is 12.1. The highest BCUT2D eigenvalue weighted by Gasteiger charge is 2.41. The van der Waals surface area contributed by atoms with Crippen LogP contribution < -0.4 is 5.32 Å². The van der Waals surface area contributed by atoms with E-state index in [0.29, 0.717) is 0 Å². The summed E-state index contributed by atoms with van der Waals surface area (Å²) in [5.41, 5.74) is -1.75. The summed E-state index contributed by atoms with van der Waals surface area (Å²) in [6.45, 7) is 2.67. The summed E-state index contributed by atoms with van der Waals surface area (Å²) in [5, 5.41) is 1.61. The Morgan fingerprint density at radius 2 is 1.62 bits per heavy atom. The minimum absolute atomic E-state index is 0.406. The first-order valence-corrected chi connectivity index (χ1v) is 3.84. The van der Waals surface area contributed by atoms with Crippen molar-refractivity contribution in [2.75, 3.05) is 6.54 Å². The molecule has 0 saturated heterocycles. The fourth-order valence-electron chi connectivity index (χ4n) is 0.628. The van der Waals surface area contributed by atoms with E-state index in [1.807, 2.05) is 0 Å². The monoisotopic (exact) mass is 247 g/mol. The molecule has 0 radical (unpaired) electrons. The molecular weight excluding hydrogens is 240 g/mol. The van der Waals surface area contributed by atoms with E-state index in [9.17, 15) is 31.1 Å². The molecule has 0 aromatic carbocycles. The third-order valence-corrected chi connectivity index (χ3v) is 1.30. The van der Waals surface area contributed by atoms with Gasteiger partial charge >= 0.3 is 12.4 Å². The fourth-order valence-corrected chi connectivity index (χ4v) is 0.628. The van der Waals surface area contributed by atoms with Gasteiger partial charge in [-0.3, -0.25) is 4.79 Å². The summed E-state index contributed by atoms with van der Waals surface area (Å²) >= 11 is 0. The lowest BCUT2D eigenvalue weighted by Gasteiger charge is -2.13. The minimum atomic E-state index is -5.33. The molecule has 0 fully saturated rings. The number of allylic oxidation sites excluding steroid dienone is 2. The Labute approximate surface area is 86.6 Å². The third-order valence-electron chi connectivity index (χ3n) is 1.30. The number of alkyl halides is 6. The summed E-state index contributed by atoms with van der Waals surface area (Å²) in [6.07, 6.45) is -9.89. The molecule has 0 aromatic rings. The van der Waals surface area contributed by atoms with Gasteiger partial charge in [0.2, 0.25) is 0 Å². The van der Waals surface area contributed by atoms with Crippen LogP contribution in [0.15, 0.2) is 24.4 Å². The average molecular weight is 247 g/mol. The molecule has 0 unspecified atom stereocenters. The van der Waals surface area contributed by atoms with Gasteiger partial charge in [0.05, 0.1) is 0 Å². The van der Waals surface area contributed by atoms with Gasteiger partial charge in [-0.05, 0) is 0 Å². The van der Waals surface area contributed by atoms with Gasteiger partial charge in [0, 0.05) is 12.6 Å². The molecule has 0 rings (SSSR count). The van der Waals surface area contributed by atoms with Gasteiger partial charge in [-0.2, -0.15) is 26.3 Å². The smallest absolute Gasteiger partial charge is 0.377 e. The molecule has 0 aromatic heterocycles. The second kappa shape index (κ2) is 5.04. The van der Waals surface area contributed by atoms with E-state index in [4.69, 9.17) is 0 Å². The van der Waals surface area contributed by atoms with Crippen LogP contribution in [-0.4, -0.2) is 24.7 Å². The van der Waals surface area contributed by atoms with Crippen LogP contribution in [-0.2, 0) is 4.79 Å². The van der Waals surface area contributed by atoms with Crippen molar-refractivity contribution in [2.24, 2.45) is 0 Å². The molecule has 0 heterocycles. The SMILES string of the molecule is C=CCN/C(=C/C(=O)C(F)(F)F)C(F)(F)F. The molecule has 0 aliphatic heterocycles. The lowest BCUT2D eigenvalue weighted by atomic mass is 10.3. The van der Waals surface area contributed by atoms with Gasteiger partial charge in [0.1, 0.15) is 5.70 Å². The summed E-state index contributed by atoms with van der Waals surface area (Å²) in [6, 6.07) is 0. The number of halogens is 6. The lowest BCUT2D eigenvalue weighted by molar-refractivity contribution is -0.166. The normalized spacial score (nSPS) is 13.5. The Morgan fingerprint density at radius 1 is 1.12 bits per heavy atom. The molecule has 0 amide bonds. The van der Waals surface area contributed by atoms with Crippen LogP contribution in [0.25, 0.3) is 0 Å². The second-order valence-corrected chi connectivity index (χ2v) is 2.59. The summed E-state index contributed by atoms with van der Waals surface area (Å²) in [7, 11) is 0. The predicted molar refractivity (Wildman–Crippen MR) is 43.4 cm³/mol. The van der Waals surface area contributed by atoms with Crippen molar-refractivity contribution in [3.63, 3.8) is 0 Å². The standard InChI is InChI=1S/C8H7F6NO/c1-2-3-15-5(7(9,10)11)4-6(16)8(12,13)14/h2,4,15H,1,3H2/b5-4+. The summed E-state index contributed by atoms with van der Waals surface area (Å²) in [4.78, 5) is 10.3. The fraction of sp³-hybridized carbons (Fsp3) is 0.375.